The molecule has 0 saturated carbocycles. The van der Waals surface area contributed by atoms with Crippen molar-refractivity contribution in [3.63, 3.8) is 0 Å². The number of rotatable bonds is 2. The number of hydrogen-bond acceptors (Lipinski definition) is 3. The largest absolute Gasteiger partial charge is 0.508 e. The van der Waals surface area contributed by atoms with Crippen LogP contribution in [0, 0.1) is 0 Å². The third-order valence-electron chi connectivity index (χ3n) is 1.64. The van der Waals surface area contributed by atoms with Gasteiger partial charge in [0.2, 0.25) is 0 Å². The smallest absolute Gasteiger partial charge is 0.434 e. The van der Waals surface area contributed by atoms with Gasteiger partial charge in [-0.05, 0) is 13.8 Å². The normalized spacial score (nSPS) is 24.6. The molecule has 1 heterocycles. The highest BCUT2D eigenvalue weighted by atomic mass is 19.1. The Morgan fingerprint density at radius 3 is 2.83 bits per heavy atom. The van der Waals surface area contributed by atoms with Crippen molar-refractivity contribution in [2.75, 3.05) is 6.61 Å². The van der Waals surface area contributed by atoms with Crippen molar-refractivity contribution in [2.24, 2.45) is 0 Å². The van der Waals surface area contributed by atoms with Crippen LogP contribution in [0.3, 0.4) is 0 Å². The van der Waals surface area contributed by atoms with E-state index in [1.54, 1.807) is 0 Å². The van der Waals surface area contributed by atoms with Crippen LogP contribution in [-0.2, 0) is 9.47 Å². The molecule has 3 nitrogen and oxygen atoms in total. The number of hydrogen-bond donors (Lipinski definition) is 0. The summed E-state index contributed by atoms with van der Waals surface area (Å²) in [5.41, 5.74) is -1.29. The first-order valence-corrected chi connectivity index (χ1v) is 4.00. The second kappa shape index (κ2) is 3.29. The molecule has 0 bridgehead atoms. The molecule has 1 fully saturated rings. The maximum Gasteiger partial charge on any atom is 0.508 e. The summed E-state index contributed by atoms with van der Waals surface area (Å²) in [6, 6.07) is 0. The van der Waals surface area contributed by atoms with Gasteiger partial charge in [0.05, 0.1) is 6.61 Å². The number of cyclic esters (lactones) is 2. The van der Waals surface area contributed by atoms with Gasteiger partial charge in [-0.15, -0.1) is 0 Å². The maximum absolute atomic E-state index is 13.1. The van der Waals surface area contributed by atoms with Gasteiger partial charge in [-0.2, -0.15) is 0 Å². The fourth-order valence-corrected chi connectivity index (χ4v) is 1.19. The van der Waals surface area contributed by atoms with Crippen molar-refractivity contribution in [1.29, 1.82) is 0 Å². The lowest BCUT2D eigenvalue weighted by Gasteiger charge is -2.25. The highest BCUT2D eigenvalue weighted by Crippen LogP contribution is 2.22. The molecule has 1 aliphatic heterocycles. The van der Waals surface area contributed by atoms with Gasteiger partial charge in [0, 0.05) is 12.8 Å². The van der Waals surface area contributed by atoms with Crippen molar-refractivity contribution < 1.29 is 18.7 Å². The second-order valence-corrected chi connectivity index (χ2v) is 3.55. The lowest BCUT2D eigenvalue weighted by Crippen LogP contribution is -2.32. The average molecular weight is 176 g/mol. The van der Waals surface area contributed by atoms with Crippen molar-refractivity contribution in [3.8, 4) is 0 Å². The Bertz CT molecular complexity index is 174. The average Bonchev–Trinajstić information content (AvgIpc) is 1.82. The van der Waals surface area contributed by atoms with Crippen LogP contribution in [0.25, 0.3) is 0 Å². The van der Waals surface area contributed by atoms with Crippen LogP contribution in [0.5, 0.6) is 0 Å². The zero-order chi connectivity index (χ0) is 9.19. The Morgan fingerprint density at radius 2 is 2.33 bits per heavy atom. The van der Waals surface area contributed by atoms with Crippen molar-refractivity contribution >= 4 is 6.16 Å². The molecule has 0 aromatic carbocycles. The van der Waals surface area contributed by atoms with E-state index >= 15 is 0 Å². The zero-order valence-electron chi connectivity index (χ0n) is 7.30. The van der Waals surface area contributed by atoms with Crippen molar-refractivity contribution in [3.05, 3.63) is 0 Å². The van der Waals surface area contributed by atoms with E-state index in [1.807, 2.05) is 0 Å². The summed E-state index contributed by atoms with van der Waals surface area (Å²) in [5, 5.41) is 0. The van der Waals surface area contributed by atoms with E-state index in [0.717, 1.165) is 0 Å². The van der Waals surface area contributed by atoms with Gasteiger partial charge in [-0.1, -0.05) is 0 Å². The fourth-order valence-electron chi connectivity index (χ4n) is 1.19. The van der Waals surface area contributed by atoms with Crippen molar-refractivity contribution in [2.45, 2.75) is 38.5 Å². The SMILES string of the molecule is CC(C)(F)CC1CCOC(=O)O1. The molecule has 0 radical (unpaired) electrons. The molecule has 70 valence electrons. The molecule has 0 spiro atoms. The molecule has 1 unspecified atom stereocenters. The number of alkyl halides is 1. The first kappa shape index (κ1) is 9.29. The van der Waals surface area contributed by atoms with E-state index in [0.29, 0.717) is 13.0 Å². The molecule has 1 aliphatic rings. The first-order chi connectivity index (χ1) is 5.47. The zero-order valence-corrected chi connectivity index (χ0v) is 7.30. The molecule has 0 amide bonds. The van der Waals surface area contributed by atoms with Gasteiger partial charge in [0.25, 0.3) is 0 Å². The third-order valence-corrected chi connectivity index (χ3v) is 1.64. The fraction of sp³-hybridized carbons (Fsp3) is 0.875. The Kier molecular flexibility index (Phi) is 2.55. The van der Waals surface area contributed by atoms with Crippen LogP contribution < -0.4 is 0 Å². The number of carbonyl (C=O) groups is 1. The van der Waals surface area contributed by atoms with Crippen LogP contribution in [0.1, 0.15) is 26.7 Å². The van der Waals surface area contributed by atoms with Crippen LogP contribution in [0.15, 0.2) is 0 Å². The summed E-state index contributed by atoms with van der Waals surface area (Å²) >= 11 is 0. The Balaban J connectivity index is 2.37. The molecule has 0 aromatic rings. The lowest BCUT2D eigenvalue weighted by molar-refractivity contribution is -0.0399. The lowest BCUT2D eigenvalue weighted by atomic mass is 10.0. The molecule has 0 aromatic heterocycles. The van der Waals surface area contributed by atoms with Gasteiger partial charge in [-0.3, -0.25) is 0 Å². The summed E-state index contributed by atoms with van der Waals surface area (Å²) in [6.45, 7) is 3.27. The predicted molar refractivity (Wildman–Crippen MR) is 40.6 cm³/mol. The molecule has 1 saturated heterocycles. The molecular weight excluding hydrogens is 163 g/mol. The minimum absolute atomic E-state index is 0.238. The van der Waals surface area contributed by atoms with E-state index in [9.17, 15) is 9.18 Å². The van der Waals surface area contributed by atoms with Gasteiger partial charge < -0.3 is 9.47 Å². The summed E-state index contributed by atoms with van der Waals surface area (Å²) in [5.74, 6) is 0. The van der Waals surface area contributed by atoms with Crippen LogP contribution in [0.2, 0.25) is 0 Å². The predicted octanol–water partition coefficient (Wildman–Crippen LogP) is 2.05. The van der Waals surface area contributed by atoms with Crippen molar-refractivity contribution in [1.82, 2.24) is 0 Å². The third kappa shape index (κ3) is 3.07. The minimum Gasteiger partial charge on any atom is -0.434 e. The Hall–Kier alpha value is -0.800. The molecule has 1 atom stereocenters. The quantitative estimate of drug-likeness (QED) is 0.604. The Morgan fingerprint density at radius 1 is 1.67 bits per heavy atom. The number of carbonyl (C=O) groups excluding carboxylic acids is 1. The van der Waals surface area contributed by atoms with Crippen LogP contribution in [-0.4, -0.2) is 24.5 Å². The molecule has 0 aliphatic carbocycles. The summed E-state index contributed by atoms with van der Waals surface area (Å²) in [7, 11) is 0. The number of halogens is 1. The topological polar surface area (TPSA) is 35.5 Å². The van der Waals surface area contributed by atoms with Crippen LogP contribution in [0.4, 0.5) is 9.18 Å². The standard InChI is InChI=1S/C8H13FO3/c1-8(2,9)5-6-3-4-11-7(10)12-6/h6H,3-5H2,1-2H3. The molecule has 4 heteroatoms. The summed E-state index contributed by atoms with van der Waals surface area (Å²) in [4.78, 5) is 10.6. The highest BCUT2D eigenvalue weighted by molar-refractivity contribution is 5.60. The molecule has 1 rings (SSSR count). The van der Waals surface area contributed by atoms with Gasteiger partial charge in [0.1, 0.15) is 11.8 Å². The maximum atomic E-state index is 13.1. The molecular formula is C8H13FO3. The monoisotopic (exact) mass is 176 g/mol. The first-order valence-electron chi connectivity index (χ1n) is 4.00. The summed E-state index contributed by atoms with van der Waals surface area (Å²) < 4.78 is 22.4. The molecule has 12 heavy (non-hydrogen) atoms. The van der Waals surface area contributed by atoms with Crippen LogP contribution >= 0.6 is 0 Å². The van der Waals surface area contributed by atoms with E-state index in [1.165, 1.54) is 13.8 Å². The molecule has 0 N–H and O–H groups in total. The summed E-state index contributed by atoms with van der Waals surface area (Å²) in [6.07, 6.45) is -0.192. The second-order valence-electron chi connectivity index (χ2n) is 3.55. The van der Waals surface area contributed by atoms with Gasteiger partial charge >= 0.3 is 6.16 Å². The van der Waals surface area contributed by atoms with E-state index in [4.69, 9.17) is 4.74 Å². The van der Waals surface area contributed by atoms with E-state index in [2.05, 4.69) is 4.74 Å². The van der Waals surface area contributed by atoms with E-state index < -0.39 is 11.8 Å². The Labute approximate surface area is 70.8 Å². The highest BCUT2D eigenvalue weighted by Gasteiger charge is 2.28. The van der Waals surface area contributed by atoms with Gasteiger partial charge in [-0.25, -0.2) is 9.18 Å². The minimum atomic E-state index is -1.29. The van der Waals surface area contributed by atoms with E-state index in [-0.39, 0.29) is 12.5 Å². The number of ether oxygens (including phenoxy) is 2. The van der Waals surface area contributed by atoms with Gasteiger partial charge in [0.15, 0.2) is 0 Å².